The molecule has 2 heterocycles. The van der Waals surface area contributed by atoms with Gasteiger partial charge in [0.1, 0.15) is 29.0 Å². The van der Waals surface area contributed by atoms with Gasteiger partial charge in [0.05, 0.1) is 17.0 Å². The number of nitrogens with two attached hydrogens (primary N) is 1. The van der Waals surface area contributed by atoms with Crippen molar-refractivity contribution >= 4 is 38.5 Å². The molecule has 0 bridgehead atoms. The lowest BCUT2D eigenvalue weighted by molar-refractivity contribution is -0.134. The van der Waals surface area contributed by atoms with E-state index in [1.165, 1.54) is 62.5 Å². The van der Waals surface area contributed by atoms with E-state index in [4.69, 9.17) is 10.2 Å². The van der Waals surface area contributed by atoms with Gasteiger partial charge in [-0.3, -0.25) is 14.3 Å². The first-order valence-corrected chi connectivity index (χ1v) is 15.6. The third-order valence-corrected chi connectivity index (χ3v) is 9.04. The zero-order valence-electron chi connectivity index (χ0n) is 23.7. The average Bonchev–Trinajstić information content (AvgIpc) is 3.38. The SMILES string of the molecule is CCS(=O)(=O)Nc1cc2oc(-c3ccc(F)cc3)c(C(=O)NC)c2cc1C1CCCN(C(=O)[C@H](N)c2ccccc2F)C1. The third-order valence-electron chi connectivity index (χ3n) is 7.75. The van der Waals surface area contributed by atoms with Crippen molar-refractivity contribution in [3.63, 3.8) is 0 Å². The lowest BCUT2D eigenvalue weighted by Crippen LogP contribution is -2.44. The second kappa shape index (κ2) is 12.1. The van der Waals surface area contributed by atoms with Crippen LogP contribution in [0.5, 0.6) is 0 Å². The summed E-state index contributed by atoms with van der Waals surface area (Å²) < 4.78 is 62.2. The number of halogens is 2. The van der Waals surface area contributed by atoms with Crippen LogP contribution in [0.25, 0.3) is 22.3 Å². The number of carbonyl (C=O) groups excluding carboxylic acids is 2. The zero-order valence-corrected chi connectivity index (χ0v) is 24.5. The average molecular weight is 611 g/mol. The Bertz CT molecular complexity index is 1790. The largest absolute Gasteiger partial charge is 0.455 e. The highest BCUT2D eigenvalue weighted by atomic mass is 32.2. The molecular formula is C31H32F2N4O5S. The van der Waals surface area contributed by atoms with Crippen LogP contribution in [0.4, 0.5) is 14.5 Å². The van der Waals surface area contributed by atoms with Gasteiger partial charge in [0.2, 0.25) is 15.9 Å². The van der Waals surface area contributed by atoms with Crippen molar-refractivity contribution in [2.75, 3.05) is 30.6 Å². The minimum atomic E-state index is -3.72. The fraction of sp³-hybridized carbons (Fsp3) is 0.290. The molecule has 0 aliphatic carbocycles. The van der Waals surface area contributed by atoms with Crippen molar-refractivity contribution in [2.24, 2.45) is 5.73 Å². The Morgan fingerprint density at radius 3 is 2.51 bits per heavy atom. The molecule has 0 radical (unpaired) electrons. The highest BCUT2D eigenvalue weighted by molar-refractivity contribution is 7.92. The molecule has 1 aliphatic heterocycles. The minimum absolute atomic E-state index is 0.0920. The summed E-state index contributed by atoms with van der Waals surface area (Å²) in [5.41, 5.74) is 8.03. The monoisotopic (exact) mass is 610 g/mol. The van der Waals surface area contributed by atoms with Crippen LogP contribution in [-0.2, 0) is 14.8 Å². The number of furan rings is 1. The molecule has 43 heavy (non-hydrogen) atoms. The number of nitrogens with zero attached hydrogens (tertiary/aromatic N) is 1. The predicted molar refractivity (Wildman–Crippen MR) is 160 cm³/mol. The molecule has 12 heteroatoms. The molecule has 2 amide bonds. The highest BCUT2D eigenvalue weighted by Gasteiger charge is 2.32. The standard InChI is InChI=1S/C31H32F2N4O5S/c1-3-43(40,41)36-25-16-26-23(27(30(38)35-2)29(42-26)18-10-12-20(32)13-11-18)15-22(25)19-7-6-14-37(17-19)31(39)28(34)21-8-4-5-9-24(21)33/h4-5,8-13,15-16,19,28,36H,3,6-7,14,17,34H2,1-2H3,(H,35,38)/t19?,28-/m1/s1. The van der Waals surface area contributed by atoms with Gasteiger partial charge in [-0.2, -0.15) is 0 Å². The number of rotatable bonds is 8. The predicted octanol–water partition coefficient (Wildman–Crippen LogP) is 4.91. The van der Waals surface area contributed by atoms with Crippen molar-refractivity contribution in [3.05, 3.63) is 89.0 Å². The first-order valence-electron chi connectivity index (χ1n) is 13.9. The molecule has 1 aliphatic rings. The molecule has 226 valence electrons. The number of hydrogen-bond donors (Lipinski definition) is 3. The van der Waals surface area contributed by atoms with Crippen LogP contribution in [-0.4, -0.2) is 51.0 Å². The van der Waals surface area contributed by atoms with Crippen molar-refractivity contribution in [2.45, 2.75) is 31.7 Å². The minimum Gasteiger partial charge on any atom is -0.455 e. The molecule has 1 aromatic heterocycles. The summed E-state index contributed by atoms with van der Waals surface area (Å²) in [5.74, 6) is -2.23. The van der Waals surface area contributed by atoms with Crippen molar-refractivity contribution in [1.82, 2.24) is 10.2 Å². The van der Waals surface area contributed by atoms with Gasteiger partial charge in [-0.05, 0) is 61.7 Å². The van der Waals surface area contributed by atoms with E-state index >= 15 is 0 Å². The van der Waals surface area contributed by atoms with E-state index in [-0.39, 0.29) is 46.4 Å². The molecule has 9 nitrogen and oxygen atoms in total. The summed E-state index contributed by atoms with van der Waals surface area (Å²) in [6.07, 6.45) is 1.20. The zero-order chi connectivity index (χ0) is 30.9. The van der Waals surface area contributed by atoms with E-state index in [1.807, 2.05) is 0 Å². The number of anilines is 1. The Morgan fingerprint density at radius 1 is 1.12 bits per heavy atom. The number of sulfonamides is 1. The molecule has 2 atom stereocenters. The molecule has 1 fully saturated rings. The summed E-state index contributed by atoms with van der Waals surface area (Å²) in [5, 5.41) is 3.04. The van der Waals surface area contributed by atoms with E-state index < -0.39 is 39.5 Å². The lowest BCUT2D eigenvalue weighted by atomic mass is 9.87. The number of amides is 2. The van der Waals surface area contributed by atoms with Crippen LogP contribution < -0.4 is 15.8 Å². The van der Waals surface area contributed by atoms with Crippen molar-refractivity contribution < 1.29 is 31.2 Å². The van der Waals surface area contributed by atoms with Gasteiger partial charge in [0.15, 0.2) is 0 Å². The fourth-order valence-corrected chi connectivity index (χ4v) is 6.12. The molecule has 5 rings (SSSR count). The van der Waals surface area contributed by atoms with Crippen molar-refractivity contribution in [3.8, 4) is 11.3 Å². The van der Waals surface area contributed by atoms with Crippen LogP contribution in [0.3, 0.4) is 0 Å². The highest BCUT2D eigenvalue weighted by Crippen LogP contribution is 2.41. The first kappa shape index (κ1) is 30.2. The van der Waals surface area contributed by atoms with E-state index in [9.17, 15) is 26.8 Å². The van der Waals surface area contributed by atoms with Gasteiger partial charge < -0.3 is 20.4 Å². The second-order valence-electron chi connectivity index (χ2n) is 10.5. The van der Waals surface area contributed by atoms with E-state index in [2.05, 4.69) is 10.0 Å². The van der Waals surface area contributed by atoms with E-state index in [0.717, 1.165) is 0 Å². The normalized spacial score (nSPS) is 16.2. The third kappa shape index (κ3) is 6.11. The number of piperidine rings is 1. The Hall–Kier alpha value is -4.29. The molecule has 0 saturated carbocycles. The first-order chi connectivity index (χ1) is 20.5. The van der Waals surface area contributed by atoms with Crippen LogP contribution in [0.2, 0.25) is 0 Å². The number of nitrogens with one attached hydrogen (secondary N) is 2. The van der Waals surface area contributed by atoms with Crippen LogP contribution in [0.1, 0.15) is 53.2 Å². The van der Waals surface area contributed by atoms with E-state index in [1.54, 1.807) is 17.0 Å². The number of benzene rings is 3. The number of fused-ring (bicyclic) bond motifs is 1. The van der Waals surface area contributed by atoms with E-state index in [0.29, 0.717) is 35.9 Å². The van der Waals surface area contributed by atoms with Crippen LogP contribution in [0.15, 0.2) is 65.1 Å². The summed E-state index contributed by atoms with van der Waals surface area (Å²) in [4.78, 5) is 28.1. The van der Waals surface area contributed by atoms with Gasteiger partial charge in [-0.15, -0.1) is 0 Å². The molecule has 1 unspecified atom stereocenters. The molecule has 4 N–H and O–H groups in total. The summed E-state index contributed by atoms with van der Waals surface area (Å²) >= 11 is 0. The summed E-state index contributed by atoms with van der Waals surface area (Å²) in [6, 6.07) is 13.4. The maximum Gasteiger partial charge on any atom is 0.255 e. The maximum atomic E-state index is 14.4. The summed E-state index contributed by atoms with van der Waals surface area (Å²) in [7, 11) is -2.25. The lowest BCUT2D eigenvalue weighted by Gasteiger charge is -2.35. The Balaban J connectivity index is 1.60. The Kier molecular flexibility index (Phi) is 8.52. The maximum absolute atomic E-state index is 14.4. The van der Waals surface area contributed by atoms with Gasteiger partial charge in [-0.1, -0.05) is 18.2 Å². The van der Waals surface area contributed by atoms with Gasteiger partial charge in [0.25, 0.3) is 5.91 Å². The summed E-state index contributed by atoms with van der Waals surface area (Å²) in [6.45, 7) is 2.11. The quantitative estimate of drug-likeness (QED) is 0.260. The molecule has 3 aromatic carbocycles. The number of carbonyl (C=O) groups is 2. The number of likely N-dealkylation sites (tertiary alicyclic amines) is 1. The Labute approximate surface area is 248 Å². The molecule has 0 spiro atoms. The molecule has 1 saturated heterocycles. The fourth-order valence-electron chi connectivity index (χ4n) is 5.47. The molecular weight excluding hydrogens is 578 g/mol. The van der Waals surface area contributed by atoms with Gasteiger partial charge in [0, 0.05) is 48.6 Å². The Morgan fingerprint density at radius 2 is 1.84 bits per heavy atom. The topological polar surface area (TPSA) is 135 Å². The van der Waals surface area contributed by atoms with Crippen LogP contribution in [0, 0.1) is 11.6 Å². The second-order valence-corrected chi connectivity index (χ2v) is 12.5. The number of hydrogen-bond acceptors (Lipinski definition) is 6. The molecule has 4 aromatic rings. The smallest absolute Gasteiger partial charge is 0.255 e. The van der Waals surface area contributed by atoms with Gasteiger partial charge >= 0.3 is 0 Å². The van der Waals surface area contributed by atoms with Gasteiger partial charge in [-0.25, -0.2) is 17.2 Å². The van der Waals surface area contributed by atoms with Crippen molar-refractivity contribution in [1.29, 1.82) is 0 Å². The van der Waals surface area contributed by atoms with Crippen LogP contribution >= 0.6 is 0 Å².